The third-order valence-corrected chi connectivity index (χ3v) is 4.93. The van der Waals surface area contributed by atoms with Crippen LogP contribution < -0.4 is 11.1 Å². The Morgan fingerprint density at radius 1 is 1.04 bits per heavy atom. The number of anilines is 2. The predicted molar refractivity (Wildman–Crippen MR) is 111 cm³/mol. The van der Waals surface area contributed by atoms with Crippen molar-refractivity contribution < 1.29 is 0 Å². The van der Waals surface area contributed by atoms with Gasteiger partial charge in [0.05, 0.1) is 0 Å². The molecule has 26 heavy (non-hydrogen) atoms. The van der Waals surface area contributed by atoms with Gasteiger partial charge in [-0.3, -0.25) is 0 Å². The number of aryl methyl sites for hydroxylation is 2. The molecule has 0 fully saturated rings. The van der Waals surface area contributed by atoms with E-state index in [2.05, 4.69) is 68.5 Å². The quantitative estimate of drug-likeness (QED) is 0.593. The highest BCUT2D eigenvalue weighted by Gasteiger charge is 2.14. The highest BCUT2D eigenvalue weighted by atomic mass is 79.9. The fraction of sp³-hybridized carbons (Fsp3) is 0.238. The van der Waals surface area contributed by atoms with E-state index in [1.165, 1.54) is 11.1 Å². The van der Waals surface area contributed by atoms with Crippen molar-refractivity contribution in [2.45, 2.75) is 32.7 Å². The molecule has 134 valence electrons. The van der Waals surface area contributed by atoms with Gasteiger partial charge in [0.25, 0.3) is 0 Å². The molecule has 1 heterocycles. The van der Waals surface area contributed by atoms with Crippen molar-refractivity contribution in [1.29, 1.82) is 0 Å². The van der Waals surface area contributed by atoms with Gasteiger partial charge in [-0.2, -0.15) is 4.98 Å². The molecule has 0 bridgehead atoms. The van der Waals surface area contributed by atoms with Gasteiger partial charge in [-0.25, -0.2) is 4.98 Å². The first-order valence-electron chi connectivity index (χ1n) is 8.72. The van der Waals surface area contributed by atoms with Gasteiger partial charge in [-0.15, -0.1) is 0 Å². The first-order chi connectivity index (χ1) is 12.5. The molecule has 0 radical (unpaired) electrons. The molecule has 1 aromatic heterocycles. The number of halogens is 1. The van der Waals surface area contributed by atoms with Crippen LogP contribution in [-0.2, 0) is 12.8 Å². The highest BCUT2D eigenvalue weighted by Crippen LogP contribution is 2.25. The molecule has 3 aromatic rings. The maximum absolute atomic E-state index is 5.90. The Labute approximate surface area is 163 Å². The topological polar surface area (TPSA) is 63.8 Å². The van der Waals surface area contributed by atoms with E-state index in [1.807, 2.05) is 31.2 Å². The second-order valence-electron chi connectivity index (χ2n) is 6.40. The fourth-order valence-electron chi connectivity index (χ4n) is 3.03. The number of nitrogens with one attached hydrogen (secondary N) is 1. The van der Waals surface area contributed by atoms with Gasteiger partial charge in [-0.1, -0.05) is 58.4 Å². The second-order valence-corrected chi connectivity index (χ2v) is 7.32. The first-order valence-corrected chi connectivity index (χ1v) is 9.51. The Balaban J connectivity index is 1.83. The van der Waals surface area contributed by atoms with Crippen molar-refractivity contribution in [3.63, 3.8) is 0 Å². The molecule has 3 N–H and O–H groups in total. The monoisotopic (exact) mass is 410 g/mol. The largest absolute Gasteiger partial charge is 0.368 e. The molecule has 4 nitrogen and oxygen atoms in total. The van der Waals surface area contributed by atoms with Crippen molar-refractivity contribution in [2.75, 3.05) is 11.1 Å². The summed E-state index contributed by atoms with van der Waals surface area (Å²) in [6.07, 6.45) is 1.77. The minimum atomic E-state index is 0.134. The lowest BCUT2D eigenvalue weighted by atomic mass is 10.0. The van der Waals surface area contributed by atoms with E-state index < -0.39 is 0 Å². The molecule has 5 heteroatoms. The second kappa shape index (κ2) is 8.32. The molecule has 2 aromatic carbocycles. The van der Waals surface area contributed by atoms with Gasteiger partial charge in [0, 0.05) is 21.8 Å². The third-order valence-electron chi connectivity index (χ3n) is 4.44. The van der Waals surface area contributed by atoms with Crippen LogP contribution in [0.3, 0.4) is 0 Å². The van der Waals surface area contributed by atoms with E-state index in [0.29, 0.717) is 5.95 Å². The molecule has 0 aliphatic rings. The van der Waals surface area contributed by atoms with E-state index in [1.54, 1.807) is 0 Å². The van der Waals surface area contributed by atoms with Gasteiger partial charge in [-0.05, 0) is 49.9 Å². The Hall–Kier alpha value is -2.40. The van der Waals surface area contributed by atoms with Crippen molar-refractivity contribution in [3.8, 4) is 0 Å². The van der Waals surface area contributed by atoms with E-state index in [0.717, 1.165) is 34.4 Å². The smallest absolute Gasteiger partial charge is 0.222 e. The zero-order valence-corrected chi connectivity index (χ0v) is 16.6. The van der Waals surface area contributed by atoms with Crippen molar-refractivity contribution >= 4 is 27.7 Å². The van der Waals surface area contributed by atoms with Crippen LogP contribution in [0.25, 0.3) is 0 Å². The minimum Gasteiger partial charge on any atom is -0.368 e. The average Bonchev–Trinajstić information content (AvgIpc) is 2.61. The van der Waals surface area contributed by atoms with Gasteiger partial charge in [0.2, 0.25) is 5.95 Å². The number of nitrogens with zero attached hydrogens (tertiary/aromatic N) is 2. The Bertz CT molecular complexity index is 880. The van der Waals surface area contributed by atoms with Crippen LogP contribution in [-0.4, -0.2) is 9.97 Å². The SMILES string of the molecule is Cc1nc(N)nc(N[C@@H](C)c2ccccc2)c1CCc1cccc(Br)c1. The van der Waals surface area contributed by atoms with Crippen LogP contribution >= 0.6 is 15.9 Å². The van der Waals surface area contributed by atoms with Crippen molar-refractivity contribution in [2.24, 2.45) is 0 Å². The number of nitrogens with two attached hydrogens (primary N) is 1. The Kier molecular flexibility index (Phi) is 5.89. The molecule has 0 unspecified atom stereocenters. The van der Waals surface area contributed by atoms with Crippen LogP contribution in [0.5, 0.6) is 0 Å². The van der Waals surface area contributed by atoms with E-state index in [4.69, 9.17) is 5.73 Å². The number of rotatable bonds is 6. The number of hydrogen-bond donors (Lipinski definition) is 2. The molecule has 0 spiro atoms. The van der Waals surface area contributed by atoms with Crippen LogP contribution in [0.4, 0.5) is 11.8 Å². The summed E-state index contributed by atoms with van der Waals surface area (Å²) in [5.41, 5.74) is 10.4. The lowest BCUT2D eigenvalue weighted by Crippen LogP contribution is -2.14. The lowest BCUT2D eigenvalue weighted by molar-refractivity contribution is 0.848. The van der Waals surface area contributed by atoms with Crippen molar-refractivity contribution in [3.05, 3.63) is 81.5 Å². The lowest BCUT2D eigenvalue weighted by Gasteiger charge is -2.19. The van der Waals surface area contributed by atoms with Gasteiger partial charge in [0.15, 0.2) is 0 Å². The zero-order valence-electron chi connectivity index (χ0n) is 15.0. The maximum atomic E-state index is 5.90. The van der Waals surface area contributed by atoms with Crippen LogP contribution in [0.15, 0.2) is 59.1 Å². The maximum Gasteiger partial charge on any atom is 0.222 e. The summed E-state index contributed by atoms with van der Waals surface area (Å²) in [5.74, 6) is 1.12. The molecule has 0 saturated heterocycles. The summed E-state index contributed by atoms with van der Waals surface area (Å²) in [7, 11) is 0. The fourth-order valence-corrected chi connectivity index (χ4v) is 3.47. The van der Waals surface area contributed by atoms with Crippen LogP contribution in [0.2, 0.25) is 0 Å². The molecular weight excluding hydrogens is 388 g/mol. The molecule has 0 aliphatic heterocycles. The number of hydrogen-bond acceptors (Lipinski definition) is 4. The summed E-state index contributed by atoms with van der Waals surface area (Å²) in [5, 5.41) is 3.52. The van der Waals surface area contributed by atoms with Crippen LogP contribution in [0.1, 0.15) is 35.3 Å². The average molecular weight is 411 g/mol. The zero-order chi connectivity index (χ0) is 18.5. The highest BCUT2D eigenvalue weighted by molar-refractivity contribution is 9.10. The predicted octanol–water partition coefficient (Wildman–Crippen LogP) is 5.09. The van der Waals surface area contributed by atoms with Gasteiger partial charge >= 0.3 is 0 Å². The van der Waals surface area contributed by atoms with Crippen LogP contribution in [0, 0.1) is 6.92 Å². The molecule has 3 rings (SSSR count). The van der Waals surface area contributed by atoms with Gasteiger partial charge in [0.1, 0.15) is 5.82 Å². The summed E-state index contributed by atoms with van der Waals surface area (Å²) >= 11 is 3.53. The number of nitrogen functional groups attached to an aromatic ring is 1. The summed E-state index contributed by atoms with van der Waals surface area (Å²) < 4.78 is 1.09. The number of aromatic nitrogens is 2. The Morgan fingerprint density at radius 3 is 2.54 bits per heavy atom. The molecular formula is C21H23BrN4. The van der Waals surface area contributed by atoms with Crippen molar-refractivity contribution in [1.82, 2.24) is 9.97 Å². The van der Waals surface area contributed by atoms with Gasteiger partial charge < -0.3 is 11.1 Å². The standard InChI is InChI=1S/C21H23BrN4/c1-14(17-8-4-3-5-9-17)24-20-19(15(2)25-21(23)26-20)12-11-16-7-6-10-18(22)13-16/h3-10,13-14H,11-12H2,1-2H3,(H3,23,24,25,26)/t14-/m0/s1. The molecule has 0 aliphatic carbocycles. The number of benzene rings is 2. The molecule has 0 saturated carbocycles. The minimum absolute atomic E-state index is 0.134. The van der Waals surface area contributed by atoms with E-state index in [9.17, 15) is 0 Å². The van der Waals surface area contributed by atoms with E-state index in [-0.39, 0.29) is 6.04 Å². The molecule has 1 atom stereocenters. The molecule has 0 amide bonds. The summed E-state index contributed by atoms with van der Waals surface area (Å²) in [6.45, 7) is 4.12. The normalized spacial score (nSPS) is 12.0. The van der Waals surface area contributed by atoms with E-state index >= 15 is 0 Å². The first kappa shape index (κ1) is 18.4. The Morgan fingerprint density at radius 2 is 1.81 bits per heavy atom. The summed E-state index contributed by atoms with van der Waals surface area (Å²) in [6, 6.07) is 18.8. The summed E-state index contributed by atoms with van der Waals surface area (Å²) in [4.78, 5) is 8.84. The third kappa shape index (κ3) is 4.61.